The van der Waals surface area contributed by atoms with Gasteiger partial charge < -0.3 is 30.5 Å². The molecule has 10 heteroatoms. The highest BCUT2D eigenvalue weighted by atomic mass is 16.6. The first kappa shape index (κ1) is 31.4. The number of nitrogens with one attached hydrogen (secondary N) is 3. The van der Waals surface area contributed by atoms with Crippen molar-refractivity contribution in [3.63, 3.8) is 0 Å². The quantitative estimate of drug-likeness (QED) is 0.195. The number of allylic oxidation sites excluding steroid dienone is 1. The number of ether oxygens (including phenoxy) is 2. The average molecular weight is 518 g/mol. The fourth-order valence-corrected chi connectivity index (χ4v) is 3.20. The summed E-state index contributed by atoms with van der Waals surface area (Å²) in [5.74, 6) is -2.17. The monoisotopic (exact) mass is 517 g/mol. The van der Waals surface area contributed by atoms with Crippen molar-refractivity contribution in [2.75, 3.05) is 13.2 Å². The molecule has 204 valence electrons. The Morgan fingerprint density at radius 3 is 2.27 bits per heavy atom. The third-order valence-corrected chi connectivity index (χ3v) is 5.16. The number of aliphatic hydroxyl groups is 1. The highest BCUT2D eigenvalue weighted by molar-refractivity contribution is 5.86. The number of hydrogen-bond acceptors (Lipinski definition) is 7. The van der Waals surface area contributed by atoms with E-state index in [0.717, 1.165) is 5.56 Å². The van der Waals surface area contributed by atoms with E-state index in [1.54, 1.807) is 39.0 Å². The first-order chi connectivity index (χ1) is 17.5. The highest BCUT2D eigenvalue weighted by Crippen LogP contribution is 2.14. The average Bonchev–Trinajstić information content (AvgIpc) is 2.85. The van der Waals surface area contributed by atoms with Crippen molar-refractivity contribution in [1.82, 2.24) is 16.0 Å². The number of alkyl carbamates (subject to hydrolysis) is 1. The lowest BCUT2D eigenvalue weighted by Crippen LogP contribution is -2.51. The lowest BCUT2D eigenvalue weighted by Gasteiger charge is -2.29. The number of aliphatic hydroxyl groups excluding tert-OH is 1. The summed E-state index contributed by atoms with van der Waals surface area (Å²) in [6, 6.07) is 7.66. The minimum absolute atomic E-state index is 0.0460. The number of amides is 3. The minimum Gasteiger partial charge on any atom is -0.462 e. The Morgan fingerprint density at radius 1 is 1.03 bits per heavy atom. The third-order valence-electron chi connectivity index (χ3n) is 5.16. The van der Waals surface area contributed by atoms with Gasteiger partial charge in [-0.25, -0.2) is 9.59 Å². The first-order valence-electron chi connectivity index (χ1n) is 12.1. The minimum atomic E-state index is -1.02. The molecule has 37 heavy (non-hydrogen) atoms. The van der Waals surface area contributed by atoms with Crippen molar-refractivity contribution < 1.29 is 33.8 Å². The van der Waals surface area contributed by atoms with Gasteiger partial charge >= 0.3 is 12.1 Å². The van der Waals surface area contributed by atoms with Gasteiger partial charge in [0, 0.05) is 12.5 Å². The van der Waals surface area contributed by atoms with Crippen molar-refractivity contribution >= 4 is 23.9 Å². The largest absolute Gasteiger partial charge is 0.462 e. The van der Waals surface area contributed by atoms with Crippen LogP contribution in [0.2, 0.25) is 0 Å². The van der Waals surface area contributed by atoms with E-state index >= 15 is 0 Å². The molecule has 0 aromatic heterocycles. The number of hydrogen-bond donors (Lipinski definition) is 4. The number of carbonyl (C=O) groups excluding carboxylic acids is 4. The SMILES string of the molecule is C=CCC(CC(=O)NC(C)CO)C(=O)NC(C)(C)COC(=O)C(CC=C)NC(=O)OCc1ccccc1. The summed E-state index contributed by atoms with van der Waals surface area (Å²) in [5, 5.41) is 17.0. The van der Waals surface area contributed by atoms with Crippen molar-refractivity contribution in [3.8, 4) is 0 Å². The Bertz CT molecular complexity index is 918. The standard InChI is InChI=1S/C27H39N3O7/c1-6-11-21(15-23(32)28-19(3)16-31)24(33)30-27(4,5)18-37-25(34)22(12-7-2)29-26(35)36-17-20-13-9-8-10-14-20/h6-10,13-14,19,21-22,31H,1-2,11-12,15-18H2,3-5H3,(H,28,32)(H,29,35)(H,30,33). The second kappa shape index (κ2) is 16.2. The van der Waals surface area contributed by atoms with E-state index in [4.69, 9.17) is 14.6 Å². The number of carbonyl (C=O) groups is 4. The molecular formula is C27H39N3O7. The fourth-order valence-electron chi connectivity index (χ4n) is 3.20. The molecule has 10 nitrogen and oxygen atoms in total. The molecule has 0 fully saturated rings. The molecular weight excluding hydrogens is 478 g/mol. The lowest BCUT2D eigenvalue weighted by atomic mass is 9.97. The second-order valence-electron chi connectivity index (χ2n) is 9.34. The van der Waals surface area contributed by atoms with Crippen molar-refractivity contribution in [3.05, 3.63) is 61.2 Å². The molecule has 1 rings (SSSR count). The van der Waals surface area contributed by atoms with E-state index in [1.807, 2.05) is 18.2 Å². The van der Waals surface area contributed by atoms with Gasteiger partial charge in [-0.15, -0.1) is 13.2 Å². The Labute approximate surface area is 218 Å². The zero-order chi connectivity index (χ0) is 27.8. The molecule has 0 saturated heterocycles. The van der Waals surface area contributed by atoms with Crippen LogP contribution < -0.4 is 16.0 Å². The van der Waals surface area contributed by atoms with E-state index in [9.17, 15) is 19.2 Å². The van der Waals surface area contributed by atoms with Crippen molar-refractivity contribution in [2.45, 2.75) is 64.3 Å². The van der Waals surface area contributed by atoms with Crippen LogP contribution in [0.4, 0.5) is 4.79 Å². The van der Waals surface area contributed by atoms with E-state index in [-0.39, 0.29) is 45.0 Å². The van der Waals surface area contributed by atoms with Crippen molar-refractivity contribution in [1.29, 1.82) is 0 Å². The van der Waals surface area contributed by atoms with Gasteiger partial charge in [0.15, 0.2) is 0 Å². The van der Waals surface area contributed by atoms with Gasteiger partial charge in [-0.05, 0) is 39.2 Å². The van der Waals surface area contributed by atoms with E-state index in [0.29, 0.717) is 0 Å². The van der Waals surface area contributed by atoms with Crippen LogP contribution in [0.1, 0.15) is 45.6 Å². The zero-order valence-corrected chi connectivity index (χ0v) is 21.8. The van der Waals surface area contributed by atoms with Gasteiger partial charge in [0.2, 0.25) is 11.8 Å². The third kappa shape index (κ3) is 12.7. The van der Waals surface area contributed by atoms with Gasteiger partial charge in [0.05, 0.1) is 18.1 Å². The summed E-state index contributed by atoms with van der Waals surface area (Å²) in [6.07, 6.45) is 2.53. The van der Waals surface area contributed by atoms with Gasteiger partial charge in [-0.3, -0.25) is 9.59 Å². The summed E-state index contributed by atoms with van der Waals surface area (Å²) in [7, 11) is 0. The smallest absolute Gasteiger partial charge is 0.408 e. The molecule has 0 aliphatic carbocycles. The lowest BCUT2D eigenvalue weighted by molar-refractivity contribution is -0.149. The van der Waals surface area contributed by atoms with Gasteiger partial charge in [0.1, 0.15) is 19.3 Å². The Kier molecular flexibility index (Phi) is 13.7. The number of esters is 1. The maximum Gasteiger partial charge on any atom is 0.408 e. The molecule has 0 radical (unpaired) electrons. The van der Waals surface area contributed by atoms with Crippen LogP contribution in [-0.2, 0) is 30.5 Å². The molecule has 3 amide bonds. The van der Waals surface area contributed by atoms with Crippen LogP contribution in [0.15, 0.2) is 55.6 Å². The van der Waals surface area contributed by atoms with E-state index < -0.39 is 41.5 Å². The zero-order valence-electron chi connectivity index (χ0n) is 21.8. The Hall–Kier alpha value is -3.66. The molecule has 1 aromatic rings. The molecule has 0 saturated carbocycles. The van der Waals surface area contributed by atoms with Crippen LogP contribution in [0.5, 0.6) is 0 Å². The topological polar surface area (TPSA) is 143 Å². The van der Waals surface area contributed by atoms with Gasteiger partial charge in [-0.1, -0.05) is 42.5 Å². The summed E-state index contributed by atoms with van der Waals surface area (Å²) in [5.41, 5.74) is -0.166. The van der Waals surface area contributed by atoms with Crippen LogP contribution >= 0.6 is 0 Å². The Balaban J connectivity index is 2.64. The van der Waals surface area contributed by atoms with E-state index in [2.05, 4.69) is 29.1 Å². The molecule has 3 unspecified atom stereocenters. The van der Waals surface area contributed by atoms with Crippen LogP contribution in [-0.4, -0.2) is 59.8 Å². The molecule has 3 atom stereocenters. The van der Waals surface area contributed by atoms with Crippen LogP contribution in [0.25, 0.3) is 0 Å². The van der Waals surface area contributed by atoms with E-state index in [1.165, 1.54) is 6.08 Å². The number of rotatable bonds is 16. The maximum atomic E-state index is 12.8. The van der Waals surface area contributed by atoms with Crippen molar-refractivity contribution in [2.24, 2.45) is 5.92 Å². The normalized spacial score (nSPS) is 13.3. The molecule has 0 heterocycles. The fraction of sp³-hybridized carbons (Fsp3) is 0.481. The van der Waals surface area contributed by atoms with Crippen LogP contribution in [0, 0.1) is 5.92 Å². The summed E-state index contributed by atoms with van der Waals surface area (Å²) >= 11 is 0. The highest BCUT2D eigenvalue weighted by Gasteiger charge is 2.30. The maximum absolute atomic E-state index is 12.8. The van der Waals surface area contributed by atoms with Crippen LogP contribution in [0.3, 0.4) is 0 Å². The summed E-state index contributed by atoms with van der Waals surface area (Å²) < 4.78 is 10.5. The van der Waals surface area contributed by atoms with Gasteiger partial charge in [0.25, 0.3) is 0 Å². The predicted octanol–water partition coefficient (Wildman–Crippen LogP) is 2.37. The molecule has 0 aliphatic rings. The molecule has 0 bridgehead atoms. The summed E-state index contributed by atoms with van der Waals surface area (Å²) in [6.45, 7) is 11.9. The predicted molar refractivity (Wildman–Crippen MR) is 139 cm³/mol. The number of benzene rings is 1. The molecule has 0 spiro atoms. The molecule has 1 aromatic carbocycles. The second-order valence-corrected chi connectivity index (χ2v) is 9.34. The Morgan fingerprint density at radius 2 is 1.68 bits per heavy atom. The first-order valence-corrected chi connectivity index (χ1v) is 12.1. The molecule has 4 N–H and O–H groups in total. The molecule has 0 aliphatic heterocycles. The van der Waals surface area contributed by atoms with Gasteiger partial charge in [-0.2, -0.15) is 0 Å². The summed E-state index contributed by atoms with van der Waals surface area (Å²) in [4.78, 5) is 49.8.